The van der Waals surface area contributed by atoms with Crippen LogP contribution in [0, 0.1) is 25.1 Å². The molecule has 7 atom stereocenters. The highest BCUT2D eigenvalue weighted by atomic mass is 32.1. The molecule has 4 aromatic rings. The van der Waals surface area contributed by atoms with E-state index < -0.39 is 29.5 Å². The van der Waals surface area contributed by atoms with Gasteiger partial charge in [0, 0.05) is 93.3 Å². The van der Waals surface area contributed by atoms with Gasteiger partial charge >= 0.3 is 0 Å². The van der Waals surface area contributed by atoms with Crippen molar-refractivity contribution < 1.29 is 33.4 Å². The number of thiazole rings is 1. The zero-order valence-electron chi connectivity index (χ0n) is 40.7. The SMILES string of the molecule is Cc1ncsc1-c1ccc(CNC(=O)[C@H]2C[C@H](O)CN2C(=O)[C@H](NC(=O)CCNCCOCC2CC[C@@]3(COc4cc5c(F)c(C)ncc5c(N5CC6CCC(C5)N6)n4)CCCN23)C(C)(C)C)cc1. The lowest BCUT2D eigenvalue weighted by atomic mass is 9.85. The van der Waals surface area contributed by atoms with Crippen LogP contribution in [-0.2, 0) is 25.7 Å². The number of rotatable bonds is 18. The van der Waals surface area contributed by atoms with Crippen LogP contribution in [-0.4, -0.2) is 149 Å². The Bertz CT molecular complexity index is 2470. The number of carbonyl (C=O) groups is 3. The van der Waals surface area contributed by atoms with Crippen molar-refractivity contribution in [1.82, 2.24) is 46.0 Å². The first-order chi connectivity index (χ1) is 33.2. The molecular formula is C51H69FN10O6S. The van der Waals surface area contributed by atoms with Crippen LogP contribution in [0.4, 0.5) is 10.2 Å². The molecule has 3 amide bonds. The molecule has 69 heavy (non-hydrogen) atoms. The Morgan fingerprint density at radius 2 is 1.80 bits per heavy atom. The van der Waals surface area contributed by atoms with E-state index in [-0.39, 0.29) is 55.1 Å². The molecule has 1 aromatic carbocycles. The first-order valence-corrected chi connectivity index (χ1v) is 25.7. The second-order valence-electron chi connectivity index (χ2n) is 21.0. The Labute approximate surface area is 408 Å². The molecule has 5 saturated heterocycles. The zero-order chi connectivity index (χ0) is 48.5. The highest BCUT2D eigenvalue weighted by molar-refractivity contribution is 7.13. The minimum Gasteiger partial charge on any atom is -0.476 e. The van der Waals surface area contributed by atoms with Gasteiger partial charge in [-0.1, -0.05) is 45.0 Å². The van der Waals surface area contributed by atoms with Crippen molar-refractivity contribution in [3.8, 4) is 16.3 Å². The predicted molar refractivity (Wildman–Crippen MR) is 264 cm³/mol. The van der Waals surface area contributed by atoms with Gasteiger partial charge in [-0.05, 0) is 75.5 Å². The summed E-state index contributed by atoms with van der Waals surface area (Å²) in [6.07, 6.45) is 7.52. The molecule has 0 saturated carbocycles. The summed E-state index contributed by atoms with van der Waals surface area (Å²) < 4.78 is 28.3. The lowest BCUT2D eigenvalue weighted by Gasteiger charge is -2.35. The molecule has 5 aliphatic rings. The molecule has 18 heteroatoms. The molecule has 3 aromatic heterocycles. The Morgan fingerprint density at radius 1 is 1.01 bits per heavy atom. The number of aliphatic hydroxyl groups excluding tert-OH is 1. The number of hydrogen-bond acceptors (Lipinski definition) is 14. The number of ether oxygens (including phenoxy) is 2. The van der Waals surface area contributed by atoms with Gasteiger partial charge in [0.1, 0.15) is 24.5 Å². The van der Waals surface area contributed by atoms with Crippen molar-refractivity contribution in [3.63, 3.8) is 0 Å². The number of pyridine rings is 2. The van der Waals surface area contributed by atoms with Crippen molar-refractivity contribution in [3.05, 3.63) is 64.8 Å². The number of anilines is 1. The number of amides is 3. The van der Waals surface area contributed by atoms with E-state index in [2.05, 4.69) is 41.0 Å². The van der Waals surface area contributed by atoms with Gasteiger partial charge in [0.15, 0.2) is 5.82 Å². The number of piperazine rings is 1. The number of nitrogens with zero attached hydrogens (tertiary/aromatic N) is 6. The van der Waals surface area contributed by atoms with Gasteiger partial charge in [0.2, 0.25) is 23.6 Å². The third kappa shape index (κ3) is 10.9. The third-order valence-corrected chi connectivity index (χ3v) is 15.9. The van der Waals surface area contributed by atoms with Crippen LogP contribution in [0.1, 0.15) is 89.1 Å². The van der Waals surface area contributed by atoms with Crippen LogP contribution >= 0.6 is 11.3 Å². The van der Waals surface area contributed by atoms with Gasteiger partial charge in [0.05, 0.1) is 46.6 Å². The van der Waals surface area contributed by atoms with E-state index in [0.717, 1.165) is 91.1 Å². The van der Waals surface area contributed by atoms with Gasteiger partial charge in [-0.3, -0.25) is 24.3 Å². The van der Waals surface area contributed by atoms with E-state index in [1.807, 2.05) is 57.5 Å². The summed E-state index contributed by atoms with van der Waals surface area (Å²) in [5, 5.41) is 24.7. The predicted octanol–water partition coefficient (Wildman–Crippen LogP) is 4.63. The maximum atomic E-state index is 15.6. The largest absolute Gasteiger partial charge is 0.476 e. The second kappa shape index (κ2) is 20.9. The molecule has 16 nitrogen and oxygen atoms in total. The quantitative estimate of drug-likeness (QED) is 0.0871. The number of halogens is 1. The van der Waals surface area contributed by atoms with Crippen molar-refractivity contribution in [2.45, 2.75) is 134 Å². The number of β-amino-alcohol motifs (C(OH)–C–C–N with tert-alkyl or cyclic N) is 1. The standard InChI is InChI=1S/C51H69FN10O6S/c1-31-44(52)39-22-43(59-47(40(39)24-54-31)60-25-35-11-12-36(26-60)57-35)68-29-51-15-6-19-62(51)37(13-16-51)28-67-20-18-53-17-14-42(64)58-46(50(3,4)5)49(66)61-27-38(63)21-41(61)48(65)55-23-33-7-9-34(10-8-33)45-32(2)56-30-69-45/h7-10,22,24,30,35-38,41,46,53,57,63H,6,11-21,23,25-29H2,1-5H3,(H,55,65)(H,58,64)/t35?,36?,37?,38-,41+,46-,51+/m0/s1. The number of aromatic nitrogens is 3. The fourth-order valence-corrected chi connectivity index (χ4v) is 12.0. The minimum absolute atomic E-state index is 0.0129. The summed E-state index contributed by atoms with van der Waals surface area (Å²) in [5.41, 5.74) is 4.35. The van der Waals surface area contributed by atoms with Crippen LogP contribution in [0.15, 0.2) is 42.0 Å². The number of aliphatic hydroxyl groups is 1. The smallest absolute Gasteiger partial charge is 0.246 e. The monoisotopic (exact) mass is 969 g/mol. The topological polar surface area (TPSA) is 186 Å². The first kappa shape index (κ1) is 49.1. The molecule has 9 rings (SSSR count). The maximum absolute atomic E-state index is 15.6. The molecule has 0 spiro atoms. The van der Waals surface area contributed by atoms with Gasteiger partial charge < -0.3 is 45.6 Å². The van der Waals surface area contributed by atoms with Crippen LogP contribution < -0.4 is 30.9 Å². The lowest BCUT2D eigenvalue weighted by Crippen LogP contribution is -2.57. The minimum atomic E-state index is -0.898. The van der Waals surface area contributed by atoms with E-state index >= 15 is 4.39 Å². The number of hydrogen-bond donors (Lipinski definition) is 5. The summed E-state index contributed by atoms with van der Waals surface area (Å²) >= 11 is 1.58. The summed E-state index contributed by atoms with van der Waals surface area (Å²) in [7, 11) is 0. The number of fused-ring (bicyclic) bond motifs is 4. The summed E-state index contributed by atoms with van der Waals surface area (Å²) in [4.78, 5) is 61.9. The molecule has 5 aliphatic heterocycles. The van der Waals surface area contributed by atoms with Crippen LogP contribution in [0.2, 0.25) is 0 Å². The Morgan fingerprint density at radius 3 is 2.54 bits per heavy atom. The van der Waals surface area contributed by atoms with Crippen LogP contribution in [0.5, 0.6) is 5.88 Å². The highest BCUT2D eigenvalue weighted by Crippen LogP contribution is 2.43. The fourth-order valence-electron chi connectivity index (χ4n) is 11.2. The molecule has 8 heterocycles. The van der Waals surface area contributed by atoms with E-state index in [1.165, 1.54) is 4.90 Å². The number of likely N-dealkylation sites (tertiary alicyclic amines) is 1. The Kier molecular flexibility index (Phi) is 14.9. The first-order valence-electron chi connectivity index (χ1n) is 24.9. The summed E-state index contributed by atoms with van der Waals surface area (Å²) in [5.74, 6) is -0.147. The average Bonchev–Trinajstić information content (AvgIpc) is 4.17. The van der Waals surface area contributed by atoms with Gasteiger partial charge in [-0.2, -0.15) is 4.98 Å². The number of carbonyl (C=O) groups excluding carboxylic acids is 3. The zero-order valence-corrected chi connectivity index (χ0v) is 41.5. The van der Waals surface area contributed by atoms with Crippen molar-refractivity contribution in [1.29, 1.82) is 0 Å². The van der Waals surface area contributed by atoms with E-state index in [0.29, 0.717) is 62.0 Å². The molecule has 3 unspecified atom stereocenters. The van der Waals surface area contributed by atoms with E-state index in [4.69, 9.17) is 14.5 Å². The maximum Gasteiger partial charge on any atom is 0.246 e. The normalized spacial score (nSPS) is 25.1. The molecular weight excluding hydrogens is 900 g/mol. The Balaban J connectivity index is 0.712. The van der Waals surface area contributed by atoms with Crippen molar-refractivity contribution in [2.24, 2.45) is 5.41 Å². The van der Waals surface area contributed by atoms with Gasteiger partial charge in [0.25, 0.3) is 0 Å². The second-order valence-corrected chi connectivity index (χ2v) is 21.8. The van der Waals surface area contributed by atoms with Crippen molar-refractivity contribution >= 4 is 45.6 Å². The molecule has 5 fully saturated rings. The molecule has 0 radical (unpaired) electrons. The fraction of sp³-hybridized carbons (Fsp3) is 0.608. The Hall–Kier alpha value is -4.85. The third-order valence-electron chi connectivity index (χ3n) is 15.0. The number of benzene rings is 1. The lowest BCUT2D eigenvalue weighted by molar-refractivity contribution is -0.144. The molecule has 2 bridgehead atoms. The van der Waals surface area contributed by atoms with E-state index in [9.17, 15) is 19.5 Å². The summed E-state index contributed by atoms with van der Waals surface area (Å²) in [6, 6.07) is 8.99. The molecule has 372 valence electrons. The average molecular weight is 969 g/mol. The van der Waals surface area contributed by atoms with Gasteiger partial charge in [-0.15, -0.1) is 11.3 Å². The highest BCUT2D eigenvalue weighted by Gasteiger charge is 2.50. The van der Waals surface area contributed by atoms with Gasteiger partial charge in [-0.25, -0.2) is 9.37 Å². The summed E-state index contributed by atoms with van der Waals surface area (Å²) in [6.45, 7) is 14.7. The van der Waals surface area contributed by atoms with Crippen molar-refractivity contribution in [2.75, 3.05) is 64.0 Å². The van der Waals surface area contributed by atoms with Crippen LogP contribution in [0.25, 0.3) is 21.2 Å². The molecule has 5 N–H and O–H groups in total. The van der Waals surface area contributed by atoms with Crippen LogP contribution in [0.3, 0.4) is 0 Å². The van der Waals surface area contributed by atoms with E-state index in [1.54, 1.807) is 30.5 Å². The number of aryl methyl sites for hydroxylation is 2. The number of nitrogens with one attached hydrogen (secondary N) is 4. The molecule has 0 aliphatic carbocycles.